The zero-order chi connectivity index (χ0) is 14.8. The molecule has 0 fully saturated rings. The Bertz CT molecular complexity index is 836. The molecule has 0 atom stereocenters. The van der Waals surface area contributed by atoms with Gasteiger partial charge in [0.25, 0.3) is 5.69 Å². The number of non-ortho nitro benzene ring substituents is 1. The minimum atomic E-state index is -0.461. The molecule has 21 heavy (non-hydrogen) atoms. The molecule has 0 saturated heterocycles. The molecule has 0 aliphatic rings. The van der Waals surface area contributed by atoms with E-state index in [1.165, 1.54) is 12.1 Å². The monoisotopic (exact) mass is 300 g/mol. The summed E-state index contributed by atoms with van der Waals surface area (Å²) in [6.45, 7) is 0. The highest BCUT2D eigenvalue weighted by molar-refractivity contribution is 6.31. The largest absolute Gasteiger partial charge is 0.456 e. The van der Waals surface area contributed by atoms with Crippen molar-refractivity contribution in [2.75, 3.05) is 0 Å². The maximum absolute atomic E-state index is 10.8. The van der Waals surface area contributed by atoms with Crippen LogP contribution in [0.1, 0.15) is 0 Å². The topological polar surface area (TPSA) is 65.3 Å². The van der Waals surface area contributed by atoms with E-state index in [0.29, 0.717) is 22.0 Å². The van der Waals surface area contributed by atoms with Crippen LogP contribution in [0.2, 0.25) is 5.02 Å². The fraction of sp³-hybridized carbons (Fsp3) is 0. The number of nitrogens with zero attached hydrogens (tertiary/aromatic N) is 2. The van der Waals surface area contributed by atoms with E-state index in [2.05, 4.69) is 4.98 Å². The summed E-state index contributed by atoms with van der Waals surface area (Å²) in [5.41, 5.74) is 0.680. The van der Waals surface area contributed by atoms with Crippen molar-refractivity contribution in [3.8, 4) is 11.5 Å². The van der Waals surface area contributed by atoms with E-state index in [1.54, 1.807) is 42.6 Å². The van der Waals surface area contributed by atoms with Gasteiger partial charge in [-0.25, -0.2) is 0 Å². The molecule has 5 nitrogen and oxygen atoms in total. The van der Waals surface area contributed by atoms with Crippen molar-refractivity contribution >= 4 is 28.2 Å². The standard InChI is InChI=1S/C15H9ClN2O3/c16-10-4-5-13-14(8-10)17-7-6-15(13)21-12-3-1-2-11(9-12)18(19)20/h1-9H. The number of aromatic nitrogens is 1. The molecular weight excluding hydrogens is 292 g/mol. The number of hydrogen-bond acceptors (Lipinski definition) is 4. The Balaban J connectivity index is 2.02. The number of halogens is 1. The number of nitro groups is 1. The van der Waals surface area contributed by atoms with Crippen LogP contribution in [0.15, 0.2) is 54.7 Å². The van der Waals surface area contributed by atoms with Crippen LogP contribution < -0.4 is 4.74 Å². The molecule has 1 aromatic heterocycles. The molecule has 2 aromatic carbocycles. The summed E-state index contributed by atoms with van der Waals surface area (Å²) in [5.74, 6) is 0.962. The van der Waals surface area contributed by atoms with E-state index in [4.69, 9.17) is 16.3 Å². The minimum absolute atomic E-state index is 0.0195. The quantitative estimate of drug-likeness (QED) is 0.524. The fourth-order valence-corrected chi connectivity index (χ4v) is 2.14. The van der Waals surface area contributed by atoms with Crippen molar-refractivity contribution in [3.63, 3.8) is 0 Å². The molecule has 0 amide bonds. The second-order valence-corrected chi connectivity index (χ2v) is 4.76. The van der Waals surface area contributed by atoms with Crippen LogP contribution in [0.3, 0.4) is 0 Å². The predicted molar refractivity (Wildman–Crippen MR) is 79.9 cm³/mol. The SMILES string of the molecule is O=[N+]([O-])c1cccc(Oc2ccnc3cc(Cl)ccc23)c1. The van der Waals surface area contributed by atoms with E-state index in [-0.39, 0.29) is 5.69 Å². The van der Waals surface area contributed by atoms with Gasteiger partial charge in [0.1, 0.15) is 11.5 Å². The molecule has 0 bridgehead atoms. The maximum atomic E-state index is 10.8. The van der Waals surface area contributed by atoms with E-state index in [1.807, 2.05) is 0 Å². The summed E-state index contributed by atoms with van der Waals surface area (Å²) < 4.78 is 5.73. The normalized spacial score (nSPS) is 10.5. The van der Waals surface area contributed by atoms with Gasteiger partial charge in [-0.1, -0.05) is 17.7 Å². The first-order chi connectivity index (χ1) is 10.1. The Labute approximate surface area is 124 Å². The van der Waals surface area contributed by atoms with Crippen LogP contribution in [-0.4, -0.2) is 9.91 Å². The average Bonchev–Trinajstić information content (AvgIpc) is 2.47. The molecule has 0 aliphatic heterocycles. The molecule has 0 saturated carbocycles. The molecule has 0 N–H and O–H groups in total. The van der Waals surface area contributed by atoms with Crippen LogP contribution in [0.5, 0.6) is 11.5 Å². The van der Waals surface area contributed by atoms with E-state index < -0.39 is 4.92 Å². The molecule has 6 heteroatoms. The molecule has 0 unspecified atom stereocenters. The molecule has 3 rings (SSSR count). The summed E-state index contributed by atoms with van der Waals surface area (Å²) in [6, 6.07) is 13.0. The Hall–Kier alpha value is -2.66. The van der Waals surface area contributed by atoms with Gasteiger partial charge in [0.15, 0.2) is 0 Å². The molecule has 104 valence electrons. The smallest absolute Gasteiger partial charge is 0.273 e. The summed E-state index contributed by atoms with van der Waals surface area (Å²) in [7, 11) is 0. The highest BCUT2D eigenvalue weighted by atomic mass is 35.5. The van der Waals surface area contributed by atoms with Crippen LogP contribution >= 0.6 is 11.6 Å². The van der Waals surface area contributed by atoms with Crippen molar-refractivity contribution in [1.29, 1.82) is 0 Å². The lowest BCUT2D eigenvalue weighted by Crippen LogP contribution is -1.90. The number of hydrogen-bond donors (Lipinski definition) is 0. The predicted octanol–water partition coefficient (Wildman–Crippen LogP) is 4.59. The Kier molecular flexibility index (Phi) is 3.41. The van der Waals surface area contributed by atoms with Gasteiger partial charge in [0.2, 0.25) is 0 Å². The highest BCUT2D eigenvalue weighted by Gasteiger charge is 2.09. The second kappa shape index (κ2) is 5.38. The highest BCUT2D eigenvalue weighted by Crippen LogP contribution is 2.31. The molecule has 1 heterocycles. The van der Waals surface area contributed by atoms with Crippen LogP contribution in [0.4, 0.5) is 5.69 Å². The summed E-state index contributed by atoms with van der Waals surface area (Å²) >= 11 is 5.93. The van der Waals surface area contributed by atoms with Crippen molar-refractivity contribution in [3.05, 3.63) is 69.9 Å². The Morgan fingerprint density at radius 3 is 2.81 bits per heavy atom. The van der Waals surface area contributed by atoms with Gasteiger partial charge in [-0.2, -0.15) is 0 Å². The number of rotatable bonds is 3. The first-order valence-electron chi connectivity index (χ1n) is 6.10. The summed E-state index contributed by atoms with van der Waals surface area (Å²) in [6.07, 6.45) is 1.60. The van der Waals surface area contributed by atoms with Gasteiger partial charge < -0.3 is 4.74 Å². The Morgan fingerprint density at radius 2 is 2.00 bits per heavy atom. The summed E-state index contributed by atoms with van der Waals surface area (Å²) in [4.78, 5) is 14.5. The molecular formula is C15H9ClN2O3. The van der Waals surface area contributed by atoms with E-state index >= 15 is 0 Å². The first-order valence-corrected chi connectivity index (χ1v) is 6.48. The van der Waals surface area contributed by atoms with Crippen molar-refractivity contribution in [2.45, 2.75) is 0 Å². The number of benzene rings is 2. The van der Waals surface area contributed by atoms with Gasteiger partial charge in [-0.05, 0) is 30.3 Å². The lowest BCUT2D eigenvalue weighted by atomic mass is 10.2. The molecule has 0 radical (unpaired) electrons. The van der Waals surface area contributed by atoms with Crippen LogP contribution in [-0.2, 0) is 0 Å². The van der Waals surface area contributed by atoms with E-state index in [0.717, 1.165) is 5.39 Å². The van der Waals surface area contributed by atoms with Gasteiger partial charge in [0.05, 0.1) is 16.5 Å². The van der Waals surface area contributed by atoms with Gasteiger partial charge >= 0.3 is 0 Å². The average molecular weight is 301 g/mol. The fourth-order valence-electron chi connectivity index (χ4n) is 1.97. The van der Waals surface area contributed by atoms with Crippen molar-refractivity contribution in [1.82, 2.24) is 4.98 Å². The van der Waals surface area contributed by atoms with Crippen molar-refractivity contribution in [2.24, 2.45) is 0 Å². The number of fused-ring (bicyclic) bond motifs is 1. The third-order valence-electron chi connectivity index (χ3n) is 2.92. The van der Waals surface area contributed by atoms with Gasteiger partial charge in [-0.15, -0.1) is 0 Å². The van der Waals surface area contributed by atoms with Crippen molar-refractivity contribution < 1.29 is 9.66 Å². The third-order valence-corrected chi connectivity index (χ3v) is 3.16. The lowest BCUT2D eigenvalue weighted by Gasteiger charge is -2.08. The van der Waals surface area contributed by atoms with Crippen LogP contribution in [0, 0.1) is 10.1 Å². The number of nitro benzene ring substituents is 1. The lowest BCUT2D eigenvalue weighted by molar-refractivity contribution is -0.384. The second-order valence-electron chi connectivity index (χ2n) is 4.33. The van der Waals surface area contributed by atoms with Crippen LogP contribution in [0.25, 0.3) is 10.9 Å². The summed E-state index contributed by atoms with van der Waals surface area (Å²) in [5, 5.41) is 12.2. The molecule has 0 aliphatic carbocycles. The van der Waals surface area contributed by atoms with Gasteiger partial charge in [-0.3, -0.25) is 15.1 Å². The third kappa shape index (κ3) is 2.78. The minimum Gasteiger partial charge on any atom is -0.456 e. The zero-order valence-electron chi connectivity index (χ0n) is 10.7. The Morgan fingerprint density at radius 1 is 1.14 bits per heavy atom. The molecule has 3 aromatic rings. The first kappa shape index (κ1) is 13.3. The maximum Gasteiger partial charge on any atom is 0.273 e. The molecule has 0 spiro atoms. The van der Waals surface area contributed by atoms with Gasteiger partial charge in [0, 0.05) is 22.7 Å². The number of pyridine rings is 1. The number of ether oxygens (including phenoxy) is 1. The van der Waals surface area contributed by atoms with E-state index in [9.17, 15) is 10.1 Å². The zero-order valence-corrected chi connectivity index (χ0v) is 11.4.